The highest BCUT2D eigenvalue weighted by molar-refractivity contribution is 6.02. The van der Waals surface area contributed by atoms with Gasteiger partial charge in [0.05, 0.1) is 11.1 Å². The average Bonchev–Trinajstić information content (AvgIpc) is 4.15. The molecule has 1 saturated carbocycles. The van der Waals surface area contributed by atoms with Crippen LogP contribution in [0.4, 0.5) is 35.1 Å². The van der Waals surface area contributed by atoms with Gasteiger partial charge in [-0.05, 0) is 86.7 Å². The molecule has 3 fully saturated rings. The lowest BCUT2D eigenvalue weighted by Crippen LogP contribution is -2.38. The molecule has 16 nitrogen and oxygen atoms in total. The fourth-order valence-corrected chi connectivity index (χ4v) is 11.6. The Morgan fingerprint density at radius 3 is 2.22 bits per heavy atom. The number of rotatable bonds is 10. The summed E-state index contributed by atoms with van der Waals surface area (Å²) in [6.07, 6.45) is 11.3. The van der Waals surface area contributed by atoms with Gasteiger partial charge in [-0.2, -0.15) is 9.03 Å². The van der Waals surface area contributed by atoms with Gasteiger partial charge >= 0.3 is 12.6 Å². The van der Waals surface area contributed by atoms with Gasteiger partial charge in [0, 0.05) is 31.3 Å². The minimum absolute atomic E-state index is 0.00321. The van der Waals surface area contributed by atoms with E-state index in [1.807, 2.05) is 0 Å². The molecular formula is C48H60F4N12O4. The number of ether oxygens (including phenoxy) is 4. The number of benzene rings is 2. The first-order chi connectivity index (χ1) is 32.8. The minimum atomic E-state index is -4.07. The zero-order chi connectivity index (χ0) is 46.8. The number of nitrogens with two attached hydrogens (primary N) is 1. The number of hydrogen-bond donors (Lipinski definition) is 3. The molecule has 364 valence electrons. The molecule has 2 saturated heterocycles. The molecule has 0 amide bonds. The molecule has 11 rings (SSSR count). The lowest BCUT2D eigenvalue weighted by atomic mass is 9.78. The summed E-state index contributed by atoms with van der Waals surface area (Å²) in [5, 5.41) is 16.9. The number of piperidine rings is 1. The first-order valence-electron chi connectivity index (χ1n) is 24.8. The van der Waals surface area contributed by atoms with E-state index in [-0.39, 0.29) is 62.6 Å². The van der Waals surface area contributed by atoms with Gasteiger partial charge in [-0.3, -0.25) is 0 Å². The number of nitrogens with one attached hydrogen (secondary N) is 2. The molecule has 4 N–H and O–H groups in total. The van der Waals surface area contributed by atoms with Crippen LogP contribution >= 0.6 is 0 Å². The van der Waals surface area contributed by atoms with Crippen molar-refractivity contribution in [3.05, 3.63) is 29.8 Å². The number of fused-ring (bicyclic) bond motifs is 10. The number of halogens is 4. The lowest BCUT2D eigenvalue weighted by Gasteiger charge is -2.33. The number of alkyl halides is 4. The van der Waals surface area contributed by atoms with Crippen LogP contribution in [0.25, 0.3) is 33.1 Å². The molecule has 0 bridgehead atoms. The lowest BCUT2D eigenvalue weighted by molar-refractivity contribution is -0.287. The van der Waals surface area contributed by atoms with Crippen molar-refractivity contribution in [3.8, 4) is 23.0 Å². The number of aryl methyl sites for hydroxylation is 1. The topological polar surface area (TPSA) is 176 Å². The number of nitrogen functional groups attached to an aromatic ring is 1. The summed E-state index contributed by atoms with van der Waals surface area (Å²) in [7, 11) is 0. The standard InChI is InChI=1S/C48H60F4N12O4/c1-3-29-10-6-4-5-7-12-30(13-9-8-11-29)28(2)14-17-35-56-42-31-15-16-34-40(67-47(49,50)65-34)37(31)59-45(64(42)61-35)55-33-26-32-38(41-39(33)66-48(51,52)68-41)58-44(53)63-43(32)57-36(60-63)18-24-62-25-21-46(27-62)19-22-54-23-20-46/h15-16,26,28-30,54H,3-14,17-25,27H2,1-2H3,(H2,53,58)(H,55,59). The largest absolute Gasteiger partial charge is 0.586 e. The molecular weight excluding hydrogens is 885 g/mol. The van der Waals surface area contributed by atoms with Crippen LogP contribution in [0.2, 0.25) is 0 Å². The fraction of sp³-hybridized carbons (Fsp3) is 0.625. The monoisotopic (exact) mass is 944 g/mol. The highest BCUT2D eigenvalue weighted by atomic mass is 19.3. The van der Waals surface area contributed by atoms with Gasteiger partial charge in [0.25, 0.3) is 0 Å². The molecule has 4 aromatic heterocycles. The van der Waals surface area contributed by atoms with E-state index in [1.54, 1.807) is 6.07 Å². The van der Waals surface area contributed by atoms with Crippen LogP contribution in [0.1, 0.15) is 122 Å². The number of nitrogens with zero attached hydrogens (tertiary/aromatic N) is 9. The molecule has 1 spiro atoms. The molecule has 3 atom stereocenters. The third-order valence-corrected chi connectivity index (χ3v) is 15.5. The Balaban J connectivity index is 0.927. The van der Waals surface area contributed by atoms with Crippen LogP contribution in [-0.4, -0.2) is 89.4 Å². The van der Waals surface area contributed by atoms with Crippen LogP contribution in [0.15, 0.2) is 18.2 Å². The van der Waals surface area contributed by atoms with Crippen LogP contribution in [0.3, 0.4) is 0 Å². The Morgan fingerprint density at radius 2 is 1.43 bits per heavy atom. The predicted molar refractivity (Wildman–Crippen MR) is 247 cm³/mol. The van der Waals surface area contributed by atoms with Crippen molar-refractivity contribution in [2.24, 2.45) is 23.2 Å². The van der Waals surface area contributed by atoms with Gasteiger partial charge in [0.1, 0.15) is 11.0 Å². The number of aromatic nitrogens is 8. The van der Waals surface area contributed by atoms with E-state index in [0.29, 0.717) is 52.8 Å². The Labute approximate surface area is 391 Å². The molecule has 1 aliphatic carbocycles. The highest BCUT2D eigenvalue weighted by Gasteiger charge is 2.48. The Kier molecular flexibility index (Phi) is 11.8. The summed E-state index contributed by atoms with van der Waals surface area (Å²) in [5.74, 6) is 1.47. The third-order valence-electron chi connectivity index (χ3n) is 15.5. The van der Waals surface area contributed by atoms with Crippen molar-refractivity contribution in [3.63, 3.8) is 0 Å². The van der Waals surface area contributed by atoms with Crippen molar-refractivity contribution >= 4 is 50.7 Å². The average molecular weight is 945 g/mol. The third kappa shape index (κ3) is 8.75. The summed E-state index contributed by atoms with van der Waals surface area (Å²) in [5.41, 5.74) is 7.29. The van der Waals surface area contributed by atoms with Crippen molar-refractivity contribution in [2.75, 3.05) is 43.8 Å². The first-order valence-corrected chi connectivity index (χ1v) is 24.8. The summed E-state index contributed by atoms with van der Waals surface area (Å²) in [6, 6.07) is 4.49. The van der Waals surface area contributed by atoms with E-state index in [9.17, 15) is 8.78 Å². The molecule has 5 aliphatic rings. The second-order valence-corrected chi connectivity index (χ2v) is 20.0. The van der Waals surface area contributed by atoms with Crippen molar-refractivity contribution < 1.29 is 36.5 Å². The zero-order valence-corrected chi connectivity index (χ0v) is 38.8. The Morgan fingerprint density at radius 1 is 0.765 bits per heavy atom. The van der Waals surface area contributed by atoms with Gasteiger partial charge in [-0.15, -0.1) is 27.8 Å². The molecule has 8 heterocycles. The minimum Gasteiger partial charge on any atom is -0.395 e. The van der Waals surface area contributed by atoms with Gasteiger partial charge in [0.15, 0.2) is 40.2 Å². The summed E-state index contributed by atoms with van der Waals surface area (Å²) in [6.45, 7) is 9.47. The van der Waals surface area contributed by atoms with Gasteiger partial charge in [-0.1, -0.05) is 84.5 Å². The SMILES string of the molecule is CCC1CCCCCCC(C(C)CCc2nc3c4ccc5c(c4nc(Nc4cc6c(nc(N)n7nc(CCN8CCC9(CCNCC9)C8)nc67)c6c4OC(F)(F)O6)n3n2)OC(F)(F)O5)CCCC1. The normalized spacial score (nSPS) is 23.1. The maximum Gasteiger partial charge on any atom is 0.586 e. The van der Waals surface area contributed by atoms with Crippen LogP contribution in [0, 0.1) is 23.2 Å². The predicted octanol–water partition coefficient (Wildman–Crippen LogP) is 9.58. The number of hydrogen-bond acceptors (Lipinski definition) is 14. The first kappa shape index (κ1) is 45.0. The van der Waals surface area contributed by atoms with Crippen molar-refractivity contribution in [1.82, 2.24) is 49.4 Å². The Hall–Kier alpha value is -5.50. The molecule has 68 heavy (non-hydrogen) atoms. The number of anilines is 3. The number of likely N-dealkylation sites (tertiary alicyclic amines) is 1. The smallest absolute Gasteiger partial charge is 0.395 e. The van der Waals surface area contributed by atoms with E-state index in [0.717, 1.165) is 64.3 Å². The Bertz CT molecular complexity index is 2850. The van der Waals surface area contributed by atoms with Crippen molar-refractivity contribution in [2.45, 2.75) is 136 Å². The van der Waals surface area contributed by atoms with E-state index in [1.165, 1.54) is 91.8 Å². The van der Waals surface area contributed by atoms with E-state index in [4.69, 9.17) is 49.8 Å². The van der Waals surface area contributed by atoms with Crippen molar-refractivity contribution in [1.29, 1.82) is 0 Å². The zero-order valence-electron chi connectivity index (χ0n) is 38.8. The molecule has 6 aromatic rings. The molecule has 20 heteroatoms. The molecule has 2 aromatic carbocycles. The molecule has 4 aliphatic heterocycles. The molecule has 3 unspecified atom stereocenters. The summed E-state index contributed by atoms with van der Waals surface area (Å²) >= 11 is 0. The van der Waals surface area contributed by atoms with E-state index < -0.39 is 12.6 Å². The van der Waals surface area contributed by atoms with E-state index in [2.05, 4.69) is 34.4 Å². The highest BCUT2D eigenvalue weighted by Crippen LogP contribution is 2.52. The fourth-order valence-electron chi connectivity index (χ4n) is 11.6. The summed E-state index contributed by atoms with van der Waals surface area (Å²) < 4.78 is 82.4. The van der Waals surface area contributed by atoms with Gasteiger partial charge in [0.2, 0.25) is 17.6 Å². The second-order valence-electron chi connectivity index (χ2n) is 20.0. The maximum atomic E-state index is 15.2. The second kappa shape index (κ2) is 17.8. The van der Waals surface area contributed by atoms with E-state index >= 15 is 8.78 Å². The quantitative estimate of drug-likeness (QED) is 0.111. The van der Waals surface area contributed by atoms with Gasteiger partial charge in [-0.25, -0.2) is 19.9 Å². The summed E-state index contributed by atoms with van der Waals surface area (Å²) in [4.78, 5) is 21.5. The van der Waals surface area contributed by atoms with Crippen LogP contribution in [0.5, 0.6) is 23.0 Å². The van der Waals surface area contributed by atoms with Gasteiger partial charge < -0.3 is 40.2 Å². The maximum absolute atomic E-state index is 15.2. The van der Waals surface area contributed by atoms with Crippen LogP contribution < -0.4 is 35.3 Å². The van der Waals surface area contributed by atoms with Crippen LogP contribution in [-0.2, 0) is 12.8 Å². The molecule has 0 radical (unpaired) electrons.